The molecule has 0 bridgehead atoms. The number of hydrogen-bond acceptors (Lipinski definition) is 4. The number of aromatic nitrogens is 5. The highest BCUT2D eigenvalue weighted by Gasteiger charge is 2.41. The molecule has 6 heteroatoms. The molecule has 0 amide bonds. The van der Waals surface area contributed by atoms with Crippen LogP contribution in [0, 0.1) is 5.92 Å². The fourth-order valence-corrected chi connectivity index (χ4v) is 3.94. The molecule has 4 heterocycles. The first-order valence-corrected chi connectivity index (χ1v) is 7.51. The minimum Gasteiger partial charge on any atom is -0.385 e. The van der Waals surface area contributed by atoms with Gasteiger partial charge in [-0.05, 0) is 12.0 Å². The van der Waals surface area contributed by atoms with E-state index in [1.165, 1.54) is 11.1 Å². The van der Waals surface area contributed by atoms with Gasteiger partial charge in [-0.3, -0.25) is 0 Å². The zero-order valence-electron chi connectivity index (χ0n) is 11.9. The van der Waals surface area contributed by atoms with Crippen LogP contribution in [0.5, 0.6) is 0 Å². The number of rotatable bonds is 1. The molecule has 2 unspecified atom stereocenters. The summed E-state index contributed by atoms with van der Waals surface area (Å²) in [6.07, 6.45) is 5.74. The van der Waals surface area contributed by atoms with Crippen LogP contribution < -0.4 is 0 Å². The predicted molar refractivity (Wildman–Crippen MR) is 78.9 cm³/mol. The van der Waals surface area contributed by atoms with E-state index in [9.17, 15) is 5.11 Å². The highest BCUT2D eigenvalue weighted by molar-refractivity contribution is 5.69. The molecule has 0 saturated heterocycles. The van der Waals surface area contributed by atoms with Crippen LogP contribution in [0.3, 0.4) is 0 Å². The van der Waals surface area contributed by atoms with Crippen LogP contribution in [0.2, 0.25) is 0 Å². The fraction of sp³-hybridized carbons (Fsp3) is 0.312. The van der Waals surface area contributed by atoms with Crippen molar-refractivity contribution in [1.82, 2.24) is 24.3 Å². The Bertz CT molecular complexity index is 852. The second-order valence-electron chi connectivity index (χ2n) is 6.00. The Morgan fingerprint density at radius 3 is 3.05 bits per heavy atom. The smallest absolute Gasteiger partial charge is 0.162 e. The van der Waals surface area contributed by atoms with Crippen LogP contribution in [0.25, 0.3) is 11.3 Å². The van der Waals surface area contributed by atoms with Crippen LogP contribution in [0.15, 0.2) is 43.1 Å². The lowest BCUT2D eigenvalue weighted by molar-refractivity contribution is 0.0512. The maximum Gasteiger partial charge on any atom is 0.162 e. The molecule has 1 N–H and O–H groups in total. The Morgan fingerprint density at radius 2 is 2.09 bits per heavy atom. The van der Waals surface area contributed by atoms with Gasteiger partial charge in [-0.2, -0.15) is 0 Å². The molecule has 5 rings (SSSR count). The Morgan fingerprint density at radius 1 is 1.18 bits per heavy atom. The molecular weight excluding hydrogens is 278 g/mol. The van der Waals surface area contributed by atoms with E-state index < -0.39 is 6.10 Å². The summed E-state index contributed by atoms with van der Waals surface area (Å²) in [5.41, 5.74) is 3.60. The maximum atomic E-state index is 10.8. The van der Waals surface area contributed by atoms with Crippen LogP contribution in [0.4, 0.5) is 0 Å². The van der Waals surface area contributed by atoms with E-state index in [0.29, 0.717) is 5.82 Å². The Balaban J connectivity index is 1.65. The van der Waals surface area contributed by atoms with Crippen molar-refractivity contribution < 1.29 is 5.11 Å². The largest absolute Gasteiger partial charge is 0.385 e. The Labute approximate surface area is 127 Å². The van der Waals surface area contributed by atoms with Crippen molar-refractivity contribution in [2.45, 2.75) is 25.1 Å². The van der Waals surface area contributed by atoms with Gasteiger partial charge in [0, 0.05) is 18.0 Å². The first-order chi connectivity index (χ1) is 10.8. The molecule has 1 aromatic carbocycles. The molecule has 0 radical (unpaired) electrons. The van der Waals surface area contributed by atoms with Crippen molar-refractivity contribution in [3.05, 3.63) is 54.5 Å². The highest BCUT2D eigenvalue weighted by atomic mass is 16.3. The monoisotopic (exact) mass is 293 g/mol. The standard InChI is InChI=1S/C16H15N5O/c22-15-12(5-6-20-9-18-19-16(15)20)14-11-4-2-1-3-10(11)13-7-17-8-21(13)14/h1-4,7-9,12,14-15,22H,5-6H2/t12?,14-,15?/m1/s1. The van der Waals surface area contributed by atoms with Crippen molar-refractivity contribution in [3.8, 4) is 11.3 Å². The molecule has 110 valence electrons. The number of aliphatic hydroxyl groups is 1. The van der Waals surface area contributed by atoms with Gasteiger partial charge in [-0.15, -0.1) is 10.2 Å². The molecule has 6 nitrogen and oxygen atoms in total. The molecule has 0 aliphatic carbocycles. The summed E-state index contributed by atoms with van der Waals surface area (Å²) in [4.78, 5) is 4.30. The molecule has 2 aliphatic heterocycles. The van der Waals surface area contributed by atoms with Crippen molar-refractivity contribution in [2.75, 3.05) is 0 Å². The summed E-state index contributed by atoms with van der Waals surface area (Å²) >= 11 is 0. The highest BCUT2D eigenvalue weighted by Crippen LogP contribution is 2.48. The van der Waals surface area contributed by atoms with Gasteiger partial charge >= 0.3 is 0 Å². The number of imidazole rings is 1. The molecule has 0 spiro atoms. The van der Waals surface area contributed by atoms with Gasteiger partial charge in [0.25, 0.3) is 0 Å². The topological polar surface area (TPSA) is 68.8 Å². The number of benzene rings is 1. The third kappa shape index (κ3) is 1.45. The van der Waals surface area contributed by atoms with Crippen molar-refractivity contribution in [3.63, 3.8) is 0 Å². The van der Waals surface area contributed by atoms with Crippen LogP contribution in [-0.2, 0) is 6.54 Å². The fourth-order valence-electron chi connectivity index (χ4n) is 3.94. The van der Waals surface area contributed by atoms with E-state index in [1.807, 2.05) is 23.2 Å². The van der Waals surface area contributed by atoms with Gasteiger partial charge in [0.15, 0.2) is 5.82 Å². The van der Waals surface area contributed by atoms with Gasteiger partial charge < -0.3 is 14.2 Å². The maximum absolute atomic E-state index is 10.8. The van der Waals surface area contributed by atoms with Crippen molar-refractivity contribution >= 4 is 0 Å². The van der Waals surface area contributed by atoms with E-state index in [4.69, 9.17) is 0 Å². The van der Waals surface area contributed by atoms with E-state index in [-0.39, 0.29) is 12.0 Å². The number of nitrogens with zero attached hydrogens (tertiary/aromatic N) is 5. The third-order valence-corrected chi connectivity index (χ3v) is 4.95. The van der Waals surface area contributed by atoms with Crippen LogP contribution >= 0.6 is 0 Å². The van der Waals surface area contributed by atoms with Gasteiger partial charge in [0.2, 0.25) is 0 Å². The zero-order chi connectivity index (χ0) is 14.7. The van der Waals surface area contributed by atoms with Crippen molar-refractivity contribution in [2.24, 2.45) is 5.92 Å². The first kappa shape index (κ1) is 12.1. The molecule has 3 aromatic rings. The number of aryl methyl sites for hydroxylation is 1. The molecule has 2 aromatic heterocycles. The lowest BCUT2D eigenvalue weighted by atomic mass is 9.84. The third-order valence-electron chi connectivity index (χ3n) is 4.95. The summed E-state index contributed by atoms with van der Waals surface area (Å²) in [6.45, 7) is 0.840. The van der Waals surface area contributed by atoms with Crippen LogP contribution in [-0.4, -0.2) is 29.4 Å². The second-order valence-corrected chi connectivity index (χ2v) is 6.00. The first-order valence-electron chi connectivity index (χ1n) is 7.51. The van der Waals surface area contributed by atoms with Gasteiger partial charge in [0.1, 0.15) is 12.4 Å². The minimum atomic E-state index is -0.609. The average Bonchev–Trinajstić information content (AvgIpc) is 3.23. The minimum absolute atomic E-state index is 0.0771. The van der Waals surface area contributed by atoms with E-state index in [1.54, 1.807) is 6.33 Å². The van der Waals surface area contributed by atoms with Crippen LogP contribution in [0.1, 0.15) is 30.0 Å². The number of hydrogen-bond donors (Lipinski definition) is 1. The SMILES string of the molecule is OC1c2nncn2CCC1[C@H]1c2ccccc2-c2cncn21. The normalized spacial score (nSPS) is 25.6. The number of aliphatic hydroxyl groups excluding tert-OH is 1. The van der Waals surface area contributed by atoms with Gasteiger partial charge in [-0.1, -0.05) is 24.3 Å². The molecule has 3 atom stereocenters. The number of fused-ring (bicyclic) bond motifs is 4. The average molecular weight is 293 g/mol. The summed E-state index contributed by atoms with van der Waals surface area (Å²) in [5.74, 6) is 0.746. The summed E-state index contributed by atoms with van der Waals surface area (Å²) < 4.78 is 4.13. The lowest BCUT2D eigenvalue weighted by Gasteiger charge is -2.33. The van der Waals surface area contributed by atoms with E-state index >= 15 is 0 Å². The second kappa shape index (κ2) is 4.27. The Kier molecular flexibility index (Phi) is 2.35. The molecule has 2 aliphatic rings. The van der Waals surface area contributed by atoms with E-state index in [0.717, 1.165) is 18.7 Å². The molecule has 0 saturated carbocycles. The van der Waals surface area contributed by atoms with Gasteiger partial charge in [0.05, 0.1) is 24.3 Å². The molecule has 0 fully saturated rings. The summed E-state index contributed by atoms with van der Waals surface area (Å²) in [7, 11) is 0. The lowest BCUT2D eigenvalue weighted by Crippen LogP contribution is -2.31. The predicted octanol–water partition coefficient (Wildman–Crippen LogP) is 1.80. The zero-order valence-corrected chi connectivity index (χ0v) is 11.9. The Hall–Kier alpha value is -2.47. The summed E-state index contributed by atoms with van der Waals surface area (Å²) in [6, 6.07) is 8.49. The van der Waals surface area contributed by atoms with Gasteiger partial charge in [-0.25, -0.2) is 4.98 Å². The molecular formula is C16H15N5O. The van der Waals surface area contributed by atoms with E-state index in [2.05, 4.69) is 37.9 Å². The quantitative estimate of drug-likeness (QED) is 0.743. The van der Waals surface area contributed by atoms with Crippen molar-refractivity contribution in [1.29, 1.82) is 0 Å². The summed E-state index contributed by atoms with van der Waals surface area (Å²) in [5, 5.41) is 18.8. The molecule has 22 heavy (non-hydrogen) atoms.